The Hall–Kier alpha value is -2.14. The maximum atomic E-state index is 11.2. The molecule has 0 saturated heterocycles. The molecule has 5 nitrogen and oxygen atoms in total. The van der Waals surface area contributed by atoms with Gasteiger partial charge in [-0.1, -0.05) is 37.6 Å². The van der Waals surface area contributed by atoms with E-state index in [-0.39, 0.29) is 5.69 Å². The first-order chi connectivity index (χ1) is 9.93. The lowest BCUT2D eigenvalue weighted by Crippen LogP contribution is -2.33. The standard InChI is InChI=1S/C16H20N2O3/c1-3-8-16(2,21)10-17-14-12-7-5-4-6-11(12)9-13(18-14)15(19)20/h4-7,9,21H,3,8,10H2,1-2H3,(H,17,18)(H,19,20). The molecule has 3 N–H and O–H groups in total. The molecule has 21 heavy (non-hydrogen) atoms. The lowest BCUT2D eigenvalue weighted by molar-refractivity contribution is 0.0636. The smallest absolute Gasteiger partial charge is 0.354 e. The van der Waals surface area contributed by atoms with Crippen molar-refractivity contribution in [2.45, 2.75) is 32.3 Å². The second kappa shape index (κ2) is 6.10. The summed E-state index contributed by atoms with van der Waals surface area (Å²) < 4.78 is 0. The summed E-state index contributed by atoms with van der Waals surface area (Å²) >= 11 is 0. The lowest BCUT2D eigenvalue weighted by Gasteiger charge is -2.23. The van der Waals surface area contributed by atoms with Crippen molar-refractivity contribution in [3.63, 3.8) is 0 Å². The van der Waals surface area contributed by atoms with Crippen LogP contribution in [-0.2, 0) is 0 Å². The molecule has 1 aromatic heterocycles. The molecule has 0 aliphatic rings. The first-order valence-electron chi connectivity index (χ1n) is 7.02. The highest BCUT2D eigenvalue weighted by Gasteiger charge is 2.20. The van der Waals surface area contributed by atoms with Gasteiger partial charge in [0.25, 0.3) is 0 Å². The average molecular weight is 288 g/mol. The molecular weight excluding hydrogens is 268 g/mol. The van der Waals surface area contributed by atoms with Crippen molar-refractivity contribution in [1.82, 2.24) is 4.98 Å². The summed E-state index contributed by atoms with van der Waals surface area (Å²) in [4.78, 5) is 15.3. The first-order valence-corrected chi connectivity index (χ1v) is 7.02. The van der Waals surface area contributed by atoms with Crippen LogP contribution in [0, 0.1) is 0 Å². The molecule has 0 saturated carbocycles. The number of pyridine rings is 1. The zero-order valence-electron chi connectivity index (χ0n) is 12.3. The average Bonchev–Trinajstić information content (AvgIpc) is 2.44. The van der Waals surface area contributed by atoms with Gasteiger partial charge in [0.15, 0.2) is 5.69 Å². The van der Waals surface area contributed by atoms with Crippen LogP contribution in [0.2, 0.25) is 0 Å². The van der Waals surface area contributed by atoms with Crippen LogP contribution < -0.4 is 5.32 Å². The Balaban J connectivity index is 2.35. The van der Waals surface area contributed by atoms with Gasteiger partial charge in [-0.05, 0) is 24.8 Å². The molecule has 0 fully saturated rings. The number of nitrogens with zero attached hydrogens (tertiary/aromatic N) is 1. The summed E-state index contributed by atoms with van der Waals surface area (Å²) in [6, 6.07) is 9.00. The molecule has 1 heterocycles. The topological polar surface area (TPSA) is 82.5 Å². The fourth-order valence-corrected chi connectivity index (χ4v) is 2.34. The van der Waals surface area contributed by atoms with Crippen molar-refractivity contribution in [2.24, 2.45) is 0 Å². The predicted molar refractivity (Wildman–Crippen MR) is 82.7 cm³/mol. The molecule has 0 spiro atoms. The molecule has 112 valence electrons. The van der Waals surface area contributed by atoms with Crippen molar-refractivity contribution in [3.8, 4) is 0 Å². The van der Waals surface area contributed by atoms with Gasteiger partial charge < -0.3 is 15.5 Å². The zero-order valence-corrected chi connectivity index (χ0v) is 12.3. The molecule has 2 rings (SSSR count). The summed E-state index contributed by atoms with van der Waals surface area (Å²) in [5.74, 6) is -0.578. The number of hydrogen-bond donors (Lipinski definition) is 3. The highest BCUT2D eigenvalue weighted by atomic mass is 16.4. The lowest BCUT2D eigenvalue weighted by atomic mass is 10.0. The van der Waals surface area contributed by atoms with Crippen molar-refractivity contribution in [1.29, 1.82) is 0 Å². The van der Waals surface area contributed by atoms with E-state index >= 15 is 0 Å². The Bertz CT molecular complexity index is 653. The van der Waals surface area contributed by atoms with Gasteiger partial charge in [0, 0.05) is 11.9 Å². The molecule has 0 radical (unpaired) electrons. The number of aromatic carboxylic acids is 1. The first kappa shape index (κ1) is 15.3. The molecule has 1 aromatic carbocycles. The third-order valence-electron chi connectivity index (χ3n) is 3.38. The van der Waals surface area contributed by atoms with Gasteiger partial charge in [-0.15, -0.1) is 0 Å². The number of carboxylic acid groups (broad SMARTS) is 1. The number of carboxylic acids is 1. The van der Waals surface area contributed by atoms with E-state index in [1.807, 2.05) is 31.2 Å². The fourth-order valence-electron chi connectivity index (χ4n) is 2.34. The molecular formula is C16H20N2O3. The molecule has 0 aliphatic carbocycles. The normalized spacial score (nSPS) is 13.9. The maximum absolute atomic E-state index is 11.2. The highest BCUT2D eigenvalue weighted by Crippen LogP contribution is 2.23. The van der Waals surface area contributed by atoms with E-state index in [2.05, 4.69) is 10.3 Å². The Kier molecular flexibility index (Phi) is 4.43. The summed E-state index contributed by atoms with van der Waals surface area (Å²) in [6.07, 6.45) is 1.54. The Labute approximate surface area is 123 Å². The minimum atomic E-state index is -1.07. The van der Waals surface area contributed by atoms with Gasteiger partial charge in [-0.25, -0.2) is 9.78 Å². The third-order valence-corrected chi connectivity index (χ3v) is 3.38. The van der Waals surface area contributed by atoms with Gasteiger partial charge in [-0.3, -0.25) is 0 Å². The van der Waals surface area contributed by atoms with Gasteiger partial charge in [0.05, 0.1) is 5.60 Å². The van der Waals surface area contributed by atoms with E-state index in [1.165, 1.54) is 0 Å². The van der Waals surface area contributed by atoms with Gasteiger partial charge >= 0.3 is 5.97 Å². The molecule has 0 aliphatic heterocycles. The summed E-state index contributed by atoms with van der Waals surface area (Å²) in [6.45, 7) is 4.08. The number of benzene rings is 1. The SMILES string of the molecule is CCCC(C)(O)CNc1nc(C(=O)O)cc2ccccc12. The minimum absolute atomic E-state index is 0.00802. The number of aliphatic hydroxyl groups is 1. The van der Waals surface area contributed by atoms with Gasteiger partial charge in [-0.2, -0.15) is 0 Å². The van der Waals surface area contributed by atoms with Crippen molar-refractivity contribution >= 4 is 22.6 Å². The molecule has 0 bridgehead atoms. The number of hydrogen-bond acceptors (Lipinski definition) is 4. The summed E-state index contributed by atoms with van der Waals surface area (Å²) in [7, 11) is 0. The maximum Gasteiger partial charge on any atom is 0.354 e. The van der Waals surface area contributed by atoms with Crippen LogP contribution in [0.4, 0.5) is 5.82 Å². The van der Waals surface area contributed by atoms with Crippen LogP contribution in [0.1, 0.15) is 37.2 Å². The highest BCUT2D eigenvalue weighted by molar-refractivity contribution is 5.97. The van der Waals surface area contributed by atoms with Crippen LogP contribution in [0.5, 0.6) is 0 Å². The zero-order chi connectivity index (χ0) is 15.5. The van der Waals surface area contributed by atoms with Crippen LogP contribution in [0.15, 0.2) is 30.3 Å². The van der Waals surface area contributed by atoms with E-state index < -0.39 is 11.6 Å². The number of rotatable bonds is 6. The fraction of sp³-hybridized carbons (Fsp3) is 0.375. The number of nitrogens with one attached hydrogen (secondary N) is 1. The van der Waals surface area contributed by atoms with E-state index in [0.717, 1.165) is 17.2 Å². The molecule has 1 unspecified atom stereocenters. The quantitative estimate of drug-likeness (QED) is 0.761. The van der Waals surface area contributed by atoms with Crippen LogP contribution in [0.3, 0.4) is 0 Å². The van der Waals surface area contributed by atoms with Crippen LogP contribution in [0.25, 0.3) is 10.8 Å². The van der Waals surface area contributed by atoms with Gasteiger partial charge in [0.1, 0.15) is 5.82 Å². The monoisotopic (exact) mass is 288 g/mol. The van der Waals surface area contributed by atoms with Crippen molar-refractivity contribution in [2.75, 3.05) is 11.9 Å². The Morgan fingerprint density at radius 1 is 1.38 bits per heavy atom. The molecule has 0 amide bonds. The molecule has 1 atom stereocenters. The number of carbonyl (C=O) groups is 1. The third kappa shape index (κ3) is 3.70. The number of fused-ring (bicyclic) bond motifs is 1. The second-order valence-corrected chi connectivity index (χ2v) is 5.48. The largest absolute Gasteiger partial charge is 0.477 e. The molecule has 5 heteroatoms. The minimum Gasteiger partial charge on any atom is -0.477 e. The second-order valence-electron chi connectivity index (χ2n) is 5.48. The van der Waals surface area contributed by atoms with E-state index in [4.69, 9.17) is 5.11 Å². The van der Waals surface area contributed by atoms with E-state index in [1.54, 1.807) is 13.0 Å². The van der Waals surface area contributed by atoms with E-state index in [0.29, 0.717) is 18.8 Å². The van der Waals surface area contributed by atoms with Crippen LogP contribution >= 0.6 is 0 Å². The summed E-state index contributed by atoms with van der Waals surface area (Å²) in [5, 5.41) is 24.1. The van der Waals surface area contributed by atoms with Crippen molar-refractivity contribution < 1.29 is 15.0 Å². The Morgan fingerprint density at radius 3 is 2.76 bits per heavy atom. The Morgan fingerprint density at radius 2 is 2.10 bits per heavy atom. The van der Waals surface area contributed by atoms with E-state index in [9.17, 15) is 9.90 Å². The van der Waals surface area contributed by atoms with Crippen molar-refractivity contribution in [3.05, 3.63) is 36.0 Å². The predicted octanol–water partition coefficient (Wildman–Crippen LogP) is 2.90. The van der Waals surface area contributed by atoms with Gasteiger partial charge in [0.2, 0.25) is 0 Å². The summed E-state index contributed by atoms with van der Waals surface area (Å²) in [5.41, 5.74) is -0.858. The molecule has 2 aromatic rings. The number of aromatic nitrogens is 1. The van der Waals surface area contributed by atoms with Crippen LogP contribution in [-0.4, -0.2) is 33.3 Å². The number of anilines is 1.